The molecule has 3 rings (SSSR count). The van der Waals surface area contributed by atoms with Gasteiger partial charge in [0, 0.05) is 18.3 Å². The van der Waals surface area contributed by atoms with Gasteiger partial charge in [0.05, 0.1) is 5.52 Å². The van der Waals surface area contributed by atoms with Crippen LogP contribution in [-0.4, -0.2) is 9.38 Å². The minimum atomic E-state index is 0.753. The van der Waals surface area contributed by atoms with Crippen LogP contribution in [0.25, 0.3) is 5.52 Å². The number of hydrogen-bond donors (Lipinski definition) is 1. The Hall–Kier alpha value is -1.81. The lowest BCUT2D eigenvalue weighted by molar-refractivity contribution is 0.851. The van der Waals surface area contributed by atoms with Crippen molar-refractivity contribution in [2.45, 2.75) is 19.8 Å². The van der Waals surface area contributed by atoms with Gasteiger partial charge < -0.3 is 10.1 Å². The molecular weight excluding hydrogens is 314 g/mol. The summed E-state index contributed by atoms with van der Waals surface area (Å²) in [6.45, 7) is 2.12. The van der Waals surface area contributed by atoms with Crippen molar-refractivity contribution in [1.29, 1.82) is 0 Å². The number of benzene rings is 1. The highest BCUT2D eigenvalue weighted by Gasteiger charge is 2.09. The molecule has 2 N–H and O–H groups in total. The molecule has 0 aliphatic carbocycles. The lowest BCUT2D eigenvalue weighted by Gasteiger charge is -2.03. The van der Waals surface area contributed by atoms with Gasteiger partial charge in [-0.1, -0.05) is 29.8 Å². The number of aromatic nitrogens is 2. The Bertz CT molecular complexity index is 762. The fourth-order valence-corrected chi connectivity index (χ4v) is 2.94. The van der Waals surface area contributed by atoms with E-state index in [9.17, 15) is 0 Å². The van der Waals surface area contributed by atoms with Crippen molar-refractivity contribution in [3.63, 3.8) is 0 Å². The molecule has 0 saturated carbocycles. The molecule has 3 aromatic rings. The summed E-state index contributed by atoms with van der Waals surface area (Å²) in [5.41, 5.74) is 10.2. The lowest BCUT2D eigenvalue weighted by Crippen LogP contribution is -1.98. The number of nitrogen functional groups attached to an aromatic ring is 1. The summed E-state index contributed by atoms with van der Waals surface area (Å²) in [6.07, 6.45) is 3.87. The van der Waals surface area contributed by atoms with Crippen LogP contribution in [0.5, 0.6) is 0 Å². The van der Waals surface area contributed by atoms with Crippen LogP contribution in [-0.2, 0) is 12.8 Å². The van der Waals surface area contributed by atoms with E-state index in [0.717, 1.165) is 34.5 Å². The van der Waals surface area contributed by atoms with Crippen LogP contribution in [0.4, 0.5) is 5.69 Å². The van der Waals surface area contributed by atoms with E-state index in [2.05, 4.69) is 56.5 Å². The van der Waals surface area contributed by atoms with Gasteiger partial charge in [0.2, 0.25) is 0 Å². The molecule has 0 aliphatic heterocycles. The van der Waals surface area contributed by atoms with Gasteiger partial charge in [-0.05, 0) is 47.0 Å². The molecule has 0 aliphatic rings. The molecule has 0 amide bonds. The van der Waals surface area contributed by atoms with Crippen molar-refractivity contribution in [2.24, 2.45) is 0 Å². The molecule has 4 heteroatoms. The molecule has 0 atom stereocenters. The largest absolute Gasteiger partial charge is 0.399 e. The van der Waals surface area contributed by atoms with E-state index >= 15 is 0 Å². The van der Waals surface area contributed by atoms with Crippen LogP contribution >= 0.6 is 15.9 Å². The van der Waals surface area contributed by atoms with E-state index < -0.39 is 0 Å². The first-order valence-electron chi connectivity index (χ1n) is 6.61. The number of hydrogen-bond acceptors (Lipinski definition) is 2. The molecule has 3 nitrogen and oxygen atoms in total. The summed E-state index contributed by atoms with van der Waals surface area (Å²) in [5, 5.41) is 0. The number of fused-ring (bicyclic) bond motifs is 1. The number of nitrogens with zero attached hydrogens (tertiary/aromatic N) is 2. The van der Waals surface area contributed by atoms with Gasteiger partial charge in [-0.25, -0.2) is 4.98 Å². The first-order chi connectivity index (χ1) is 9.63. The van der Waals surface area contributed by atoms with E-state index in [-0.39, 0.29) is 0 Å². The van der Waals surface area contributed by atoms with Crippen LogP contribution in [0.2, 0.25) is 0 Å². The van der Waals surface area contributed by atoms with Gasteiger partial charge in [-0.2, -0.15) is 0 Å². The number of imidazole rings is 1. The molecule has 2 aromatic heterocycles. The van der Waals surface area contributed by atoms with E-state index in [4.69, 9.17) is 5.73 Å². The molecule has 0 fully saturated rings. The van der Waals surface area contributed by atoms with Crippen LogP contribution in [0.1, 0.15) is 17.0 Å². The molecule has 0 radical (unpaired) electrons. The maximum Gasteiger partial charge on any atom is 0.132 e. The SMILES string of the molecule is Cc1cccc(CCc2nc(Br)c3cc(N)ccn23)c1. The third-order valence-electron chi connectivity index (χ3n) is 3.42. The third kappa shape index (κ3) is 2.56. The Balaban J connectivity index is 1.88. The number of halogens is 1. The minimum absolute atomic E-state index is 0.753. The fourth-order valence-electron chi connectivity index (χ4n) is 2.43. The molecule has 0 unspecified atom stereocenters. The molecule has 20 heavy (non-hydrogen) atoms. The molecule has 1 aromatic carbocycles. The fraction of sp³-hybridized carbons (Fsp3) is 0.188. The van der Waals surface area contributed by atoms with Crippen molar-refractivity contribution in [3.05, 3.63) is 64.1 Å². The zero-order valence-corrected chi connectivity index (χ0v) is 12.9. The standard InChI is InChI=1S/C16H16BrN3/c1-11-3-2-4-12(9-11)5-6-15-19-16(17)14-10-13(18)7-8-20(14)15/h2-4,7-10H,5-6,18H2,1H3. The van der Waals surface area contributed by atoms with Crippen LogP contribution < -0.4 is 5.73 Å². The molecule has 0 bridgehead atoms. The van der Waals surface area contributed by atoms with Crippen molar-refractivity contribution < 1.29 is 0 Å². The maximum absolute atomic E-state index is 5.82. The Morgan fingerprint density at radius 3 is 2.85 bits per heavy atom. The number of nitrogens with two attached hydrogens (primary N) is 1. The monoisotopic (exact) mass is 329 g/mol. The van der Waals surface area contributed by atoms with Crippen LogP contribution in [0, 0.1) is 6.92 Å². The summed E-state index contributed by atoms with van der Waals surface area (Å²) in [6, 6.07) is 12.4. The van der Waals surface area contributed by atoms with E-state index in [1.807, 2.05) is 18.3 Å². The van der Waals surface area contributed by atoms with Crippen LogP contribution in [0.3, 0.4) is 0 Å². The van der Waals surface area contributed by atoms with E-state index in [0.29, 0.717) is 0 Å². The number of anilines is 1. The van der Waals surface area contributed by atoms with Gasteiger partial charge in [-0.3, -0.25) is 0 Å². The molecular formula is C16H16BrN3. The summed E-state index contributed by atoms with van der Waals surface area (Å²) >= 11 is 3.50. The normalized spacial score (nSPS) is 11.1. The maximum atomic E-state index is 5.82. The van der Waals surface area contributed by atoms with Crippen molar-refractivity contribution in [3.8, 4) is 0 Å². The van der Waals surface area contributed by atoms with Gasteiger partial charge in [0.15, 0.2) is 0 Å². The predicted molar refractivity (Wildman–Crippen MR) is 85.9 cm³/mol. The molecule has 0 spiro atoms. The third-order valence-corrected chi connectivity index (χ3v) is 4.00. The van der Waals surface area contributed by atoms with Crippen molar-refractivity contribution in [2.75, 3.05) is 5.73 Å². The van der Waals surface area contributed by atoms with Gasteiger partial charge in [-0.15, -0.1) is 0 Å². The number of rotatable bonds is 3. The van der Waals surface area contributed by atoms with E-state index in [1.54, 1.807) is 0 Å². The molecule has 2 heterocycles. The summed E-state index contributed by atoms with van der Waals surface area (Å²) in [5.74, 6) is 1.05. The second-order valence-corrected chi connectivity index (χ2v) is 5.77. The lowest BCUT2D eigenvalue weighted by atomic mass is 10.1. The zero-order chi connectivity index (χ0) is 14.1. The summed E-state index contributed by atoms with van der Waals surface area (Å²) < 4.78 is 2.94. The topological polar surface area (TPSA) is 43.3 Å². The second-order valence-electron chi connectivity index (χ2n) is 5.02. The Morgan fingerprint density at radius 1 is 1.20 bits per heavy atom. The number of pyridine rings is 1. The molecule has 0 saturated heterocycles. The quantitative estimate of drug-likeness (QED) is 0.794. The highest BCUT2D eigenvalue weighted by Crippen LogP contribution is 2.22. The predicted octanol–water partition coefficient (Wildman–Crippen LogP) is 3.77. The first-order valence-corrected chi connectivity index (χ1v) is 7.40. The van der Waals surface area contributed by atoms with Crippen LogP contribution in [0.15, 0.2) is 47.2 Å². The molecule has 102 valence electrons. The summed E-state index contributed by atoms with van der Waals surface area (Å²) in [4.78, 5) is 4.59. The smallest absolute Gasteiger partial charge is 0.132 e. The van der Waals surface area contributed by atoms with Gasteiger partial charge >= 0.3 is 0 Å². The second kappa shape index (κ2) is 5.29. The average molecular weight is 330 g/mol. The van der Waals surface area contributed by atoms with Crippen molar-refractivity contribution >= 4 is 27.1 Å². The Kier molecular flexibility index (Phi) is 3.49. The minimum Gasteiger partial charge on any atom is -0.399 e. The number of aryl methyl sites for hydroxylation is 3. The first kappa shape index (κ1) is 13.2. The highest BCUT2D eigenvalue weighted by molar-refractivity contribution is 9.10. The van der Waals surface area contributed by atoms with Gasteiger partial charge in [0.1, 0.15) is 10.4 Å². The highest BCUT2D eigenvalue weighted by atomic mass is 79.9. The Labute approximate surface area is 126 Å². The average Bonchev–Trinajstić information content (AvgIpc) is 2.73. The van der Waals surface area contributed by atoms with Crippen molar-refractivity contribution in [1.82, 2.24) is 9.38 Å². The van der Waals surface area contributed by atoms with E-state index in [1.165, 1.54) is 11.1 Å². The summed E-state index contributed by atoms with van der Waals surface area (Å²) in [7, 11) is 0. The van der Waals surface area contributed by atoms with Gasteiger partial charge in [0.25, 0.3) is 0 Å². The Morgan fingerprint density at radius 2 is 2.05 bits per heavy atom. The zero-order valence-electron chi connectivity index (χ0n) is 11.3.